The Bertz CT molecular complexity index is 460. The van der Waals surface area contributed by atoms with Crippen LogP contribution in [0.1, 0.15) is 20.3 Å². The van der Waals surface area contributed by atoms with Crippen molar-refractivity contribution in [1.29, 1.82) is 0 Å². The molecule has 1 unspecified atom stereocenters. The number of urea groups is 1. The molecule has 20 heavy (non-hydrogen) atoms. The molecular formula is C13H17ClF2N2O2. The van der Waals surface area contributed by atoms with Crippen LogP contribution in [0.5, 0.6) is 0 Å². The summed E-state index contributed by atoms with van der Waals surface area (Å²) >= 11 is 5.64. The van der Waals surface area contributed by atoms with Gasteiger partial charge in [-0.3, -0.25) is 0 Å². The fourth-order valence-electron chi connectivity index (χ4n) is 1.66. The largest absolute Gasteiger partial charge is 0.391 e. The summed E-state index contributed by atoms with van der Waals surface area (Å²) in [6.07, 6.45) is -0.152. The third-order valence-corrected chi connectivity index (χ3v) is 2.79. The highest BCUT2D eigenvalue weighted by Gasteiger charge is 2.14. The van der Waals surface area contributed by atoms with Gasteiger partial charge in [0.05, 0.1) is 16.8 Å². The summed E-state index contributed by atoms with van der Waals surface area (Å²) in [6.45, 7) is 3.92. The van der Waals surface area contributed by atoms with E-state index in [1.807, 2.05) is 13.8 Å². The molecule has 3 N–H and O–H groups in total. The van der Waals surface area contributed by atoms with E-state index in [-0.39, 0.29) is 17.3 Å². The Kier molecular flexibility index (Phi) is 6.16. The Morgan fingerprint density at radius 3 is 2.60 bits per heavy atom. The van der Waals surface area contributed by atoms with Gasteiger partial charge in [0.25, 0.3) is 0 Å². The van der Waals surface area contributed by atoms with Gasteiger partial charge >= 0.3 is 6.03 Å². The van der Waals surface area contributed by atoms with Gasteiger partial charge in [-0.15, -0.1) is 0 Å². The zero-order valence-corrected chi connectivity index (χ0v) is 12.0. The number of aliphatic hydroxyl groups is 1. The maximum absolute atomic E-state index is 13.4. The van der Waals surface area contributed by atoms with E-state index in [9.17, 15) is 18.7 Å². The van der Waals surface area contributed by atoms with Crippen molar-refractivity contribution in [3.05, 3.63) is 28.8 Å². The van der Waals surface area contributed by atoms with Gasteiger partial charge in [0.15, 0.2) is 5.82 Å². The molecule has 112 valence electrons. The highest BCUT2D eigenvalue weighted by Crippen LogP contribution is 2.26. The predicted octanol–water partition coefficient (Wildman–Crippen LogP) is 3.15. The molecule has 0 fully saturated rings. The number of anilines is 1. The lowest BCUT2D eigenvalue weighted by Gasteiger charge is -2.15. The van der Waals surface area contributed by atoms with Gasteiger partial charge in [-0.05, 0) is 18.4 Å². The number of benzene rings is 1. The third-order valence-electron chi connectivity index (χ3n) is 2.49. The fourth-order valence-corrected chi connectivity index (χ4v) is 1.90. The fraction of sp³-hybridized carbons (Fsp3) is 0.462. The SMILES string of the molecule is CC(C)CC(O)CNC(=O)Nc1c(F)cc(F)cc1Cl. The lowest BCUT2D eigenvalue weighted by Crippen LogP contribution is -2.36. The number of aliphatic hydroxyl groups excluding tert-OH is 1. The molecule has 4 nitrogen and oxygen atoms in total. The van der Waals surface area contributed by atoms with Crippen LogP contribution in [-0.4, -0.2) is 23.8 Å². The van der Waals surface area contributed by atoms with Crippen LogP contribution in [0.3, 0.4) is 0 Å². The number of nitrogens with one attached hydrogen (secondary N) is 2. The Morgan fingerprint density at radius 2 is 2.05 bits per heavy atom. The van der Waals surface area contributed by atoms with Crippen LogP contribution in [0.25, 0.3) is 0 Å². The Labute approximate surface area is 121 Å². The zero-order valence-electron chi connectivity index (χ0n) is 11.2. The van der Waals surface area contributed by atoms with Crippen molar-refractivity contribution in [3.8, 4) is 0 Å². The quantitative estimate of drug-likeness (QED) is 0.782. The molecule has 0 radical (unpaired) electrons. The first-order valence-corrected chi connectivity index (χ1v) is 6.54. The van der Waals surface area contributed by atoms with Gasteiger partial charge in [-0.25, -0.2) is 13.6 Å². The van der Waals surface area contributed by atoms with Crippen molar-refractivity contribution in [2.75, 3.05) is 11.9 Å². The van der Waals surface area contributed by atoms with Crippen LogP contribution in [0.4, 0.5) is 19.3 Å². The van der Waals surface area contributed by atoms with Crippen LogP contribution >= 0.6 is 11.6 Å². The zero-order chi connectivity index (χ0) is 15.3. The van der Waals surface area contributed by atoms with E-state index in [4.69, 9.17) is 11.6 Å². The second kappa shape index (κ2) is 7.40. The van der Waals surface area contributed by atoms with E-state index in [1.165, 1.54) is 0 Å². The number of carbonyl (C=O) groups excluding carboxylic acids is 1. The molecule has 7 heteroatoms. The lowest BCUT2D eigenvalue weighted by molar-refractivity contribution is 0.148. The first-order chi connectivity index (χ1) is 9.29. The Morgan fingerprint density at radius 1 is 1.40 bits per heavy atom. The minimum atomic E-state index is -0.965. The highest BCUT2D eigenvalue weighted by atomic mass is 35.5. The summed E-state index contributed by atoms with van der Waals surface area (Å²) in [5.41, 5.74) is -0.302. The van der Waals surface area contributed by atoms with Crippen molar-refractivity contribution in [2.24, 2.45) is 5.92 Å². The monoisotopic (exact) mass is 306 g/mol. The van der Waals surface area contributed by atoms with Gasteiger partial charge in [0.2, 0.25) is 0 Å². The average Bonchev–Trinajstić information content (AvgIpc) is 2.30. The van der Waals surface area contributed by atoms with Crippen molar-refractivity contribution in [1.82, 2.24) is 5.32 Å². The van der Waals surface area contributed by atoms with E-state index in [0.717, 1.165) is 6.07 Å². The average molecular weight is 307 g/mol. The molecule has 0 aliphatic heterocycles. The maximum Gasteiger partial charge on any atom is 0.319 e. The maximum atomic E-state index is 13.4. The van der Waals surface area contributed by atoms with Gasteiger partial charge in [0, 0.05) is 12.6 Å². The third kappa shape index (κ3) is 5.30. The number of amides is 2. The molecule has 0 heterocycles. The topological polar surface area (TPSA) is 61.4 Å². The van der Waals surface area contributed by atoms with E-state index in [2.05, 4.69) is 10.6 Å². The van der Waals surface area contributed by atoms with E-state index in [1.54, 1.807) is 0 Å². The molecule has 2 amide bonds. The molecule has 1 atom stereocenters. The Hall–Kier alpha value is -1.40. The van der Waals surface area contributed by atoms with Crippen molar-refractivity contribution >= 4 is 23.3 Å². The molecule has 0 spiro atoms. The Balaban J connectivity index is 2.55. The summed E-state index contributed by atoms with van der Waals surface area (Å²) in [4.78, 5) is 11.5. The molecular weight excluding hydrogens is 290 g/mol. The van der Waals surface area contributed by atoms with Gasteiger partial charge < -0.3 is 15.7 Å². The summed E-state index contributed by atoms with van der Waals surface area (Å²) in [5, 5.41) is 13.9. The lowest BCUT2D eigenvalue weighted by atomic mass is 10.1. The molecule has 0 aromatic heterocycles. The molecule has 1 aromatic carbocycles. The summed E-state index contributed by atoms with van der Waals surface area (Å²) in [5.74, 6) is -1.50. The summed E-state index contributed by atoms with van der Waals surface area (Å²) in [7, 11) is 0. The van der Waals surface area contributed by atoms with Gasteiger partial charge in [-0.2, -0.15) is 0 Å². The second-order valence-corrected chi connectivity index (χ2v) is 5.27. The highest BCUT2D eigenvalue weighted by molar-refractivity contribution is 6.33. The number of rotatable bonds is 5. The number of halogens is 3. The number of hydrogen-bond acceptors (Lipinski definition) is 2. The minimum absolute atomic E-state index is 0.0322. The molecule has 0 aliphatic rings. The van der Waals surface area contributed by atoms with Crippen LogP contribution in [0.15, 0.2) is 12.1 Å². The molecule has 0 saturated carbocycles. The molecule has 0 bridgehead atoms. The summed E-state index contributed by atoms with van der Waals surface area (Å²) < 4.78 is 26.3. The smallest absolute Gasteiger partial charge is 0.319 e. The normalized spacial score (nSPS) is 12.3. The van der Waals surface area contributed by atoms with Crippen molar-refractivity contribution < 1.29 is 18.7 Å². The van der Waals surface area contributed by atoms with Gasteiger partial charge in [-0.1, -0.05) is 25.4 Å². The molecule has 0 aliphatic carbocycles. The number of carbonyl (C=O) groups is 1. The second-order valence-electron chi connectivity index (χ2n) is 4.86. The minimum Gasteiger partial charge on any atom is -0.391 e. The van der Waals surface area contributed by atoms with Crippen LogP contribution in [0, 0.1) is 17.6 Å². The first kappa shape index (κ1) is 16.7. The van der Waals surface area contributed by atoms with E-state index >= 15 is 0 Å². The molecule has 0 saturated heterocycles. The van der Waals surface area contributed by atoms with Crippen molar-refractivity contribution in [3.63, 3.8) is 0 Å². The first-order valence-electron chi connectivity index (χ1n) is 6.17. The van der Waals surface area contributed by atoms with Crippen LogP contribution in [-0.2, 0) is 0 Å². The predicted molar refractivity (Wildman–Crippen MR) is 73.9 cm³/mol. The van der Waals surface area contributed by atoms with E-state index < -0.39 is 23.8 Å². The molecule has 1 rings (SSSR count). The molecule has 1 aromatic rings. The van der Waals surface area contributed by atoms with E-state index in [0.29, 0.717) is 18.4 Å². The number of hydrogen-bond donors (Lipinski definition) is 3. The summed E-state index contributed by atoms with van der Waals surface area (Å²) in [6, 6.07) is 0.795. The van der Waals surface area contributed by atoms with Gasteiger partial charge in [0.1, 0.15) is 5.82 Å². The van der Waals surface area contributed by atoms with Crippen molar-refractivity contribution in [2.45, 2.75) is 26.4 Å². The van der Waals surface area contributed by atoms with Crippen LogP contribution < -0.4 is 10.6 Å². The van der Waals surface area contributed by atoms with Crippen LogP contribution in [0.2, 0.25) is 5.02 Å². The standard InChI is InChI=1S/C13H17ClF2N2O2/c1-7(2)3-9(19)6-17-13(20)18-12-10(14)4-8(15)5-11(12)16/h4-5,7,9,19H,3,6H2,1-2H3,(H2,17,18,20).